The minimum atomic E-state index is 0.927. The van der Waals surface area contributed by atoms with E-state index in [0.29, 0.717) is 0 Å². The van der Waals surface area contributed by atoms with Crippen molar-refractivity contribution in [1.29, 1.82) is 0 Å². The molecule has 2 rings (SSSR count). The van der Waals surface area contributed by atoms with Gasteiger partial charge < -0.3 is 4.90 Å². The maximum atomic E-state index is 4.43. The van der Waals surface area contributed by atoms with Gasteiger partial charge in [0.25, 0.3) is 0 Å². The summed E-state index contributed by atoms with van der Waals surface area (Å²) in [5, 5.41) is 0.927. The first-order valence-electron chi connectivity index (χ1n) is 5.91. The Kier molecular flexibility index (Phi) is 4.18. The van der Waals surface area contributed by atoms with Crippen LogP contribution in [-0.4, -0.2) is 40.3 Å². The molecule has 0 unspecified atom stereocenters. The molecule has 1 aliphatic rings. The fourth-order valence-electron chi connectivity index (χ4n) is 2.03. The quantitative estimate of drug-likeness (QED) is 0.593. The van der Waals surface area contributed by atoms with Crippen molar-refractivity contribution < 1.29 is 0 Å². The lowest BCUT2D eigenvalue weighted by Gasteiger charge is -2.13. The predicted octanol–water partition coefficient (Wildman–Crippen LogP) is 2.28. The van der Waals surface area contributed by atoms with Gasteiger partial charge in [0, 0.05) is 23.7 Å². The molecular formula is C12H19N3S. The van der Waals surface area contributed by atoms with Gasteiger partial charge in [0.15, 0.2) is 5.16 Å². The number of hydrogen-bond acceptors (Lipinski definition) is 4. The molecule has 16 heavy (non-hydrogen) atoms. The van der Waals surface area contributed by atoms with Gasteiger partial charge in [0.05, 0.1) is 0 Å². The van der Waals surface area contributed by atoms with Gasteiger partial charge in [0.2, 0.25) is 0 Å². The molecule has 0 aromatic carbocycles. The number of hydrogen-bond donors (Lipinski definition) is 0. The average Bonchev–Trinajstić information content (AvgIpc) is 2.69. The van der Waals surface area contributed by atoms with E-state index in [-0.39, 0.29) is 0 Å². The third-order valence-corrected chi connectivity index (χ3v) is 3.63. The first-order valence-corrected chi connectivity index (χ1v) is 6.90. The molecule has 4 heteroatoms. The molecule has 1 aliphatic heterocycles. The Labute approximate surface area is 102 Å². The Hall–Kier alpha value is -0.610. The highest BCUT2D eigenvalue weighted by atomic mass is 32.2. The van der Waals surface area contributed by atoms with Gasteiger partial charge in [0.1, 0.15) is 0 Å². The molecule has 1 saturated heterocycles. The van der Waals surface area contributed by atoms with Crippen LogP contribution in [0.25, 0.3) is 0 Å². The van der Waals surface area contributed by atoms with E-state index in [1.165, 1.54) is 32.5 Å². The topological polar surface area (TPSA) is 29.0 Å². The van der Waals surface area contributed by atoms with E-state index >= 15 is 0 Å². The molecule has 2 heterocycles. The molecule has 0 amide bonds. The van der Waals surface area contributed by atoms with E-state index < -0.39 is 0 Å². The maximum absolute atomic E-state index is 4.43. The smallest absolute Gasteiger partial charge is 0.188 e. The van der Waals surface area contributed by atoms with Crippen LogP contribution in [0.5, 0.6) is 0 Å². The Balaban J connectivity index is 1.80. The lowest BCUT2D eigenvalue weighted by atomic mass is 10.4. The van der Waals surface area contributed by atoms with Crippen LogP contribution in [0.15, 0.2) is 11.2 Å². The van der Waals surface area contributed by atoms with E-state index in [1.54, 1.807) is 11.8 Å². The lowest BCUT2D eigenvalue weighted by molar-refractivity contribution is 0.362. The molecule has 0 spiro atoms. The molecule has 0 aliphatic carbocycles. The molecule has 0 atom stereocenters. The fraction of sp³-hybridized carbons (Fsp3) is 0.667. The van der Waals surface area contributed by atoms with Crippen molar-refractivity contribution in [2.45, 2.75) is 31.8 Å². The van der Waals surface area contributed by atoms with Crippen LogP contribution in [0, 0.1) is 13.8 Å². The molecule has 0 N–H and O–H groups in total. The second-order valence-electron chi connectivity index (χ2n) is 4.33. The molecule has 88 valence electrons. The van der Waals surface area contributed by atoms with Gasteiger partial charge in [-0.3, -0.25) is 0 Å². The number of rotatable bonds is 4. The largest absolute Gasteiger partial charge is 0.303 e. The van der Waals surface area contributed by atoms with E-state index in [1.807, 2.05) is 19.9 Å². The number of nitrogens with zero attached hydrogens (tertiary/aromatic N) is 3. The molecular weight excluding hydrogens is 218 g/mol. The van der Waals surface area contributed by atoms with Gasteiger partial charge in [-0.15, -0.1) is 0 Å². The van der Waals surface area contributed by atoms with Gasteiger partial charge >= 0.3 is 0 Å². The number of thioether (sulfide) groups is 1. The fourth-order valence-corrected chi connectivity index (χ4v) is 2.98. The van der Waals surface area contributed by atoms with Crippen molar-refractivity contribution in [3.05, 3.63) is 17.5 Å². The standard InChI is InChI=1S/C12H19N3S/c1-10-9-11(2)14-12(13-10)16-8-7-15-5-3-4-6-15/h9H,3-8H2,1-2H3. The number of likely N-dealkylation sites (tertiary alicyclic amines) is 1. The summed E-state index contributed by atoms with van der Waals surface area (Å²) in [4.78, 5) is 11.4. The van der Waals surface area contributed by atoms with Crippen LogP contribution in [0.3, 0.4) is 0 Å². The summed E-state index contributed by atoms with van der Waals surface area (Å²) in [6.45, 7) is 7.77. The van der Waals surface area contributed by atoms with Crippen LogP contribution >= 0.6 is 11.8 Å². The summed E-state index contributed by atoms with van der Waals surface area (Å²) in [7, 11) is 0. The van der Waals surface area contributed by atoms with E-state index in [9.17, 15) is 0 Å². The highest BCUT2D eigenvalue weighted by Gasteiger charge is 2.11. The monoisotopic (exact) mass is 237 g/mol. The summed E-state index contributed by atoms with van der Waals surface area (Å²) in [5.74, 6) is 1.10. The number of aryl methyl sites for hydroxylation is 2. The Morgan fingerprint density at radius 2 is 1.81 bits per heavy atom. The van der Waals surface area contributed by atoms with Crippen molar-refractivity contribution in [2.24, 2.45) is 0 Å². The normalized spacial score (nSPS) is 16.9. The van der Waals surface area contributed by atoms with Gasteiger partial charge in [-0.2, -0.15) is 0 Å². The molecule has 3 nitrogen and oxygen atoms in total. The molecule has 0 saturated carbocycles. The number of aromatic nitrogens is 2. The van der Waals surface area contributed by atoms with Gasteiger partial charge in [-0.05, 0) is 45.8 Å². The van der Waals surface area contributed by atoms with Crippen molar-refractivity contribution in [1.82, 2.24) is 14.9 Å². The van der Waals surface area contributed by atoms with Crippen LogP contribution < -0.4 is 0 Å². The van der Waals surface area contributed by atoms with E-state index in [2.05, 4.69) is 14.9 Å². The summed E-state index contributed by atoms with van der Waals surface area (Å²) >= 11 is 1.77. The first-order chi connectivity index (χ1) is 7.74. The van der Waals surface area contributed by atoms with Crippen LogP contribution in [0.2, 0.25) is 0 Å². The average molecular weight is 237 g/mol. The second kappa shape index (κ2) is 5.64. The third kappa shape index (κ3) is 3.46. The Bertz CT molecular complexity index is 328. The van der Waals surface area contributed by atoms with Crippen LogP contribution in [0.1, 0.15) is 24.2 Å². The molecule has 0 bridgehead atoms. The van der Waals surface area contributed by atoms with E-state index in [4.69, 9.17) is 0 Å². The van der Waals surface area contributed by atoms with Gasteiger partial charge in [-0.25, -0.2) is 9.97 Å². The SMILES string of the molecule is Cc1cc(C)nc(SCCN2CCCC2)n1. The van der Waals surface area contributed by atoms with Gasteiger partial charge in [-0.1, -0.05) is 11.8 Å². The Morgan fingerprint density at radius 1 is 1.19 bits per heavy atom. The van der Waals surface area contributed by atoms with Crippen molar-refractivity contribution in [3.63, 3.8) is 0 Å². The highest BCUT2D eigenvalue weighted by Crippen LogP contribution is 2.15. The second-order valence-corrected chi connectivity index (χ2v) is 5.39. The molecule has 0 radical (unpaired) electrons. The predicted molar refractivity (Wildman–Crippen MR) is 67.9 cm³/mol. The van der Waals surface area contributed by atoms with E-state index in [0.717, 1.165) is 22.3 Å². The van der Waals surface area contributed by atoms with Crippen LogP contribution in [-0.2, 0) is 0 Å². The zero-order valence-electron chi connectivity index (χ0n) is 10.1. The van der Waals surface area contributed by atoms with Crippen molar-refractivity contribution >= 4 is 11.8 Å². The Morgan fingerprint density at radius 3 is 2.44 bits per heavy atom. The van der Waals surface area contributed by atoms with Crippen molar-refractivity contribution in [3.8, 4) is 0 Å². The zero-order chi connectivity index (χ0) is 11.4. The van der Waals surface area contributed by atoms with Crippen LogP contribution in [0.4, 0.5) is 0 Å². The lowest BCUT2D eigenvalue weighted by Crippen LogP contribution is -2.21. The minimum absolute atomic E-state index is 0.927. The van der Waals surface area contributed by atoms with Crippen molar-refractivity contribution in [2.75, 3.05) is 25.4 Å². The summed E-state index contributed by atoms with van der Waals surface area (Å²) < 4.78 is 0. The molecule has 1 fully saturated rings. The third-order valence-electron chi connectivity index (χ3n) is 2.80. The zero-order valence-corrected chi connectivity index (χ0v) is 10.9. The maximum Gasteiger partial charge on any atom is 0.188 e. The highest BCUT2D eigenvalue weighted by molar-refractivity contribution is 7.99. The molecule has 1 aromatic rings. The first kappa shape index (κ1) is 11.9. The minimum Gasteiger partial charge on any atom is -0.303 e. The summed E-state index contributed by atoms with van der Waals surface area (Å²) in [6, 6.07) is 2.02. The summed E-state index contributed by atoms with van der Waals surface area (Å²) in [5.41, 5.74) is 2.13. The summed E-state index contributed by atoms with van der Waals surface area (Å²) in [6.07, 6.45) is 2.73. The molecule has 1 aromatic heterocycles.